The van der Waals surface area contributed by atoms with Crippen molar-refractivity contribution in [2.24, 2.45) is 0 Å². The van der Waals surface area contributed by atoms with Gasteiger partial charge in [0.05, 0.1) is 6.42 Å². The molecular weight excluding hydrogens is 265 g/mol. The third-order valence-corrected chi connectivity index (χ3v) is 2.86. The van der Waals surface area contributed by atoms with E-state index in [1.807, 2.05) is 0 Å². The molecule has 2 unspecified atom stereocenters. The van der Waals surface area contributed by atoms with Crippen LogP contribution in [0.4, 0.5) is 26.3 Å². The first-order chi connectivity index (χ1) is 6.87. The molecule has 0 saturated carbocycles. The summed E-state index contributed by atoms with van der Waals surface area (Å²) in [5, 5.41) is 0. The van der Waals surface area contributed by atoms with Gasteiger partial charge in [-0.25, -0.2) is 0 Å². The molecule has 0 heterocycles. The molecule has 0 aliphatic carbocycles. The van der Waals surface area contributed by atoms with E-state index < -0.39 is 38.6 Å². The summed E-state index contributed by atoms with van der Waals surface area (Å²) in [5.74, 6) is 0. The standard InChI is InChI=1S/C6H9F6O3P/c1-2-16(13,14)15-4(6(10,11)12)3-5(7,8)9/h4H,2-3H2,1H3,(H,13,14). The summed E-state index contributed by atoms with van der Waals surface area (Å²) in [6, 6.07) is 0. The molecule has 0 aromatic heterocycles. The van der Waals surface area contributed by atoms with Crippen molar-refractivity contribution >= 4 is 7.60 Å². The van der Waals surface area contributed by atoms with Gasteiger partial charge in [0.25, 0.3) is 0 Å². The molecule has 0 radical (unpaired) electrons. The maximum absolute atomic E-state index is 12.1. The Hall–Kier alpha value is -0.270. The van der Waals surface area contributed by atoms with Gasteiger partial charge in [-0.1, -0.05) is 6.92 Å². The van der Waals surface area contributed by atoms with E-state index in [-0.39, 0.29) is 0 Å². The Kier molecular flexibility index (Phi) is 4.85. The zero-order valence-corrected chi connectivity index (χ0v) is 8.86. The van der Waals surface area contributed by atoms with Crippen LogP contribution in [0, 0.1) is 0 Å². The van der Waals surface area contributed by atoms with Gasteiger partial charge in [-0.15, -0.1) is 0 Å². The van der Waals surface area contributed by atoms with Crippen LogP contribution in [0.2, 0.25) is 0 Å². The fourth-order valence-corrected chi connectivity index (χ4v) is 1.44. The molecule has 0 aromatic carbocycles. The van der Waals surface area contributed by atoms with Crippen molar-refractivity contribution in [3.63, 3.8) is 0 Å². The Labute approximate surface area is 86.9 Å². The SMILES string of the molecule is CCP(=O)(O)OC(CC(F)(F)F)C(F)(F)F. The minimum atomic E-state index is -5.34. The normalized spacial score (nSPS) is 19.2. The zero-order chi connectivity index (χ0) is 13.2. The molecule has 0 aliphatic heterocycles. The van der Waals surface area contributed by atoms with Gasteiger partial charge in [0.2, 0.25) is 0 Å². The summed E-state index contributed by atoms with van der Waals surface area (Å²) in [6.45, 7) is 1.03. The van der Waals surface area contributed by atoms with Crippen molar-refractivity contribution in [3.8, 4) is 0 Å². The number of hydrogen-bond acceptors (Lipinski definition) is 2. The van der Waals surface area contributed by atoms with Crippen LogP contribution < -0.4 is 0 Å². The summed E-state index contributed by atoms with van der Waals surface area (Å²) in [6.07, 6.45) is -16.8. The van der Waals surface area contributed by atoms with Crippen LogP contribution in [0.3, 0.4) is 0 Å². The van der Waals surface area contributed by atoms with Crippen LogP contribution in [0.5, 0.6) is 0 Å². The third-order valence-electron chi connectivity index (χ3n) is 1.47. The van der Waals surface area contributed by atoms with Gasteiger partial charge in [0.1, 0.15) is 0 Å². The topological polar surface area (TPSA) is 46.5 Å². The Bertz CT molecular complexity index is 272. The van der Waals surface area contributed by atoms with E-state index in [0.29, 0.717) is 0 Å². The highest BCUT2D eigenvalue weighted by molar-refractivity contribution is 7.52. The molecule has 3 nitrogen and oxygen atoms in total. The second kappa shape index (κ2) is 4.93. The number of hydrogen-bond donors (Lipinski definition) is 1. The first-order valence-corrected chi connectivity index (χ1v) is 5.77. The molecular formula is C6H9F6O3P. The fourth-order valence-electron chi connectivity index (χ4n) is 0.696. The molecule has 0 amide bonds. The van der Waals surface area contributed by atoms with Crippen molar-refractivity contribution in [3.05, 3.63) is 0 Å². The summed E-state index contributed by atoms with van der Waals surface area (Å²) in [7, 11) is -4.63. The van der Waals surface area contributed by atoms with E-state index >= 15 is 0 Å². The second-order valence-corrected chi connectivity index (χ2v) is 5.03. The van der Waals surface area contributed by atoms with Crippen molar-refractivity contribution in [2.45, 2.75) is 31.8 Å². The quantitative estimate of drug-likeness (QED) is 0.633. The summed E-state index contributed by atoms with van der Waals surface area (Å²) >= 11 is 0. The highest BCUT2D eigenvalue weighted by Gasteiger charge is 2.50. The molecule has 0 bridgehead atoms. The Morgan fingerprint density at radius 3 is 1.94 bits per heavy atom. The zero-order valence-electron chi connectivity index (χ0n) is 7.97. The molecule has 2 atom stereocenters. The van der Waals surface area contributed by atoms with Crippen molar-refractivity contribution < 1.29 is 40.3 Å². The molecule has 16 heavy (non-hydrogen) atoms. The van der Waals surface area contributed by atoms with Gasteiger partial charge in [-0.05, 0) is 0 Å². The van der Waals surface area contributed by atoms with Gasteiger partial charge in [0.15, 0.2) is 6.10 Å². The van der Waals surface area contributed by atoms with E-state index in [1.54, 1.807) is 0 Å². The van der Waals surface area contributed by atoms with Gasteiger partial charge < -0.3 is 4.89 Å². The largest absolute Gasteiger partial charge is 0.415 e. The van der Waals surface area contributed by atoms with Crippen molar-refractivity contribution in [1.82, 2.24) is 0 Å². The van der Waals surface area contributed by atoms with E-state index in [9.17, 15) is 30.9 Å². The average Bonchev–Trinajstić information content (AvgIpc) is 1.98. The van der Waals surface area contributed by atoms with E-state index in [0.717, 1.165) is 6.92 Å². The third kappa shape index (κ3) is 6.34. The molecule has 10 heteroatoms. The molecule has 98 valence electrons. The van der Waals surface area contributed by atoms with Crippen molar-refractivity contribution in [2.75, 3.05) is 6.16 Å². The van der Waals surface area contributed by atoms with E-state index in [2.05, 4.69) is 4.52 Å². The van der Waals surface area contributed by atoms with Crippen LogP contribution in [0.15, 0.2) is 0 Å². The van der Waals surface area contributed by atoms with Crippen LogP contribution in [0.25, 0.3) is 0 Å². The smallest absolute Gasteiger partial charge is 0.324 e. The molecule has 0 saturated heterocycles. The van der Waals surface area contributed by atoms with Crippen LogP contribution >= 0.6 is 7.60 Å². The maximum Gasteiger partial charge on any atom is 0.415 e. The monoisotopic (exact) mass is 274 g/mol. The first kappa shape index (κ1) is 15.7. The number of rotatable bonds is 4. The van der Waals surface area contributed by atoms with E-state index in [1.165, 1.54) is 0 Å². The molecule has 0 fully saturated rings. The summed E-state index contributed by atoms with van der Waals surface area (Å²) in [5.41, 5.74) is 0. The average molecular weight is 274 g/mol. The summed E-state index contributed by atoms with van der Waals surface area (Å²) < 4.78 is 85.9. The van der Waals surface area contributed by atoms with E-state index in [4.69, 9.17) is 4.89 Å². The minimum absolute atomic E-state index is 0.697. The highest BCUT2D eigenvalue weighted by Crippen LogP contribution is 2.47. The Balaban J connectivity index is 4.79. The maximum atomic E-state index is 12.1. The summed E-state index contributed by atoms with van der Waals surface area (Å²) in [4.78, 5) is 8.72. The number of alkyl halides is 6. The van der Waals surface area contributed by atoms with Gasteiger partial charge in [-0.3, -0.25) is 9.09 Å². The van der Waals surface area contributed by atoms with Gasteiger partial charge in [-0.2, -0.15) is 26.3 Å². The predicted octanol–water partition coefficient (Wildman–Crippen LogP) is 3.09. The Morgan fingerprint density at radius 1 is 1.25 bits per heavy atom. The predicted molar refractivity (Wildman–Crippen MR) is 42.0 cm³/mol. The highest BCUT2D eigenvalue weighted by atomic mass is 31.2. The van der Waals surface area contributed by atoms with Crippen LogP contribution in [-0.4, -0.2) is 29.5 Å². The molecule has 0 rings (SSSR count). The van der Waals surface area contributed by atoms with Crippen LogP contribution in [0.1, 0.15) is 13.3 Å². The van der Waals surface area contributed by atoms with Crippen LogP contribution in [-0.2, 0) is 9.09 Å². The lowest BCUT2D eigenvalue weighted by Crippen LogP contribution is -2.35. The Morgan fingerprint density at radius 2 is 1.69 bits per heavy atom. The molecule has 1 N–H and O–H groups in total. The molecule has 0 spiro atoms. The molecule has 0 aromatic rings. The number of halogens is 6. The minimum Gasteiger partial charge on any atom is -0.324 e. The van der Waals surface area contributed by atoms with Crippen molar-refractivity contribution in [1.29, 1.82) is 0 Å². The lowest BCUT2D eigenvalue weighted by molar-refractivity contribution is -0.235. The molecule has 0 aliphatic rings. The first-order valence-electron chi connectivity index (χ1n) is 4.01. The lowest BCUT2D eigenvalue weighted by atomic mass is 10.2. The van der Waals surface area contributed by atoms with Gasteiger partial charge in [0, 0.05) is 6.16 Å². The lowest BCUT2D eigenvalue weighted by Gasteiger charge is -2.23. The fraction of sp³-hybridized carbons (Fsp3) is 1.00. The van der Waals surface area contributed by atoms with Gasteiger partial charge >= 0.3 is 19.9 Å². The second-order valence-electron chi connectivity index (χ2n) is 2.91.